The summed E-state index contributed by atoms with van der Waals surface area (Å²) in [4.78, 5) is 0. The quantitative estimate of drug-likeness (QED) is 0.608. The lowest BCUT2D eigenvalue weighted by Crippen LogP contribution is -1.96. The largest absolute Gasteiger partial charge is 0.478 e. The number of para-hydroxylation sites is 2. The number of rotatable bonds is 4. The van der Waals surface area contributed by atoms with E-state index in [9.17, 15) is 0 Å². The van der Waals surface area contributed by atoms with E-state index in [0.29, 0.717) is 31.6 Å². The Morgan fingerprint density at radius 1 is 0.625 bits per heavy atom. The van der Waals surface area contributed by atoms with Crippen LogP contribution in [0.3, 0.4) is 0 Å². The van der Waals surface area contributed by atoms with Crippen molar-refractivity contribution in [3.8, 4) is 35.2 Å². The fraction of sp³-hybridized carbons (Fsp3) is 0.111. The van der Waals surface area contributed by atoms with Gasteiger partial charge in [-0.05, 0) is 47.9 Å². The molecule has 0 N–H and O–H groups in total. The second-order valence-corrected chi connectivity index (χ2v) is 5.91. The van der Waals surface area contributed by atoms with Crippen molar-refractivity contribution in [2.45, 2.75) is 0 Å². The fourth-order valence-corrected chi connectivity index (χ4v) is 2.63. The number of benzene rings is 2. The Balaban J connectivity index is 1.81. The van der Waals surface area contributed by atoms with Crippen LogP contribution in [0.25, 0.3) is 0 Å². The molecule has 6 heteroatoms. The van der Waals surface area contributed by atoms with Crippen molar-refractivity contribution in [2.24, 2.45) is 0 Å². The summed E-state index contributed by atoms with van der Waals surface area (Å²) in [6.07, 6.45) is 0. The van der Waals surface area contributed by atoms with Gasteiger partial charge >= 0.3 is 0 Å². The van der Waals surface area contributed by atoms with Crippen molar-refractivity contribution in [1.29, 1.82) is 0 Å². The summed E-state index contributed by atoms with van der Waals surface area (Å²) in [6, 6.07) is 10.2. The van der Waals surface area contributed by atoms with Gasteiger partial charge in [-0.1, -0.05) is 58.5 Å². The summed E-state index contributed by atoms with van der Waals surface area (Å²) in [6.45, 7) is 0.241. The summed E-state index contributed by atoms with van der Waals surface area (Å²) < 4.78 is 10.8. The third-order valence-electron chi connectivity index (χ3n) is 2.65. The van der Waals surface area contributed by atoms with Gasteiger partial charge in [0.25, 0.3) is 0 Å². The molecule has 0 fully saturated rings. The van der Waals surface area contributed by atoms with Gasteiger partial charge in [0.2, 0.25) is 0 Å². The summed E-state index contributed by atoms with van der Waals surface area (Å²) in [5.41, 5.74) is 0. The third kappa shape index (κ3) is 5.45. The van der Waals surface area contributed by atoms with E-state index in [0.717, 1.165) is 0 Å². The summed E-state index contributed by atoms with van der Waals surface area (Å²) in [5.74, 6) is 11.6. The predicted molar refractivity (Wildman–Crippen MR) is 99.5 cm³/mol. The van der Waals surface area contributed by atoms with E-state index in [-0.39, 0.29) is 13.2 Å². The SMILES string of the molecule is Clc1cccc(Cl)c1OCC#CC#CCOc1c(Cl)cccc1Cl. The Hall–Kier alpha value is -1.68. The van der Waals surface area contributed by atoms with Gasteiger partial charge in [0.05, 0.1) is 20.1 Å². The molecule has 0 spiro atoms. The maximum Gasteiger partial charge on any atom is 0.157 e. The van der Waals surface area contributed by atoms with Crippen molar-refractivity contribution in [3.63, 3.8) is 0 Å². The molecule has 0 amide bonds. The zero-order chi connectivity index (χ0) is 17.4. The van der Waals surface area contributed by atoms with Crippen molar-refractivity contribution in [3.05, 3.63) is 56.5 Å². The summed E-state index contributed by atoms with van der Waals surface area (Å²) >= 11 is 23.9. The highest BCUT2D eigenvalue weighted by Crippen LogP contribution is 2.32. The lowest BCUT2D eigenvalue weighted by atomic mass is 10.3. The van der Waals surface area contributed by atoms with Crippen LogP contribution in [0, 0.1) is 23.7 Å². The first-order chi connectivity index (χ1) is 11.6. The standard InChI is InChI=1S/C18H10Cl4O2/c19-13-7-5-8-14(20)17(13)23-11-3-1-2-4-12-24-18-15(21)9-6-10-16(18)22/h5-10H,11-12H2. The van der Waals surface area contributed by atoms with E-state index in [2.05, 4.69) is 23.7 Å². The summed E-state index contributed by atoms with van der Waals surface area (Å²) in [5, 5.41) is 1.72. The van der Waals surface area contributed by atoms with Gasteiger partial charge in [0, 0.05) is 0 Å². The van der Waals surface area contributed by atoms with Crippen LogP contribution in [0.1, 0.15) is 0 Å². The smallest absolute Gasteiger partial charge is 0.157 e. The highest BCUT2D eigenvalue weighted by atomic mass is 35.5. The Bertz CT molecular complexity index is 730. The Kier molecular flexibility index (Phi) is 7.44. The van der Waals surface area contributed by atoms with Gasteiger partial charge in [-0.25, -0.2) is 0 Å². The van der Waals surface area contributed by atoms with E-state index in [1.54, 1.807) is 36.4 Å². The Morgan fingerprint density at radius 2 is 0.958 bits per heavy atom. The lowest BCUT2D eigenvalue weighted by molar-refractivity contribution is 0.370. The van der Waals surface area contributed by atoms with Crippen molar-refractivity contribution in [2.75, 3.05) is 13.2 Å². The number of hydrogen-bond donors (Lipinski definition) is 0. The van der Waals surface area contributed by atoms with Crippen LogP contribution in [0.15, 0.2) is 36.4 Å². The predicted octanol–water partition coefficient (Wildman–Crippen LogP) is 5.76. The number of ether oxygens (including phenoxy) is 2. The first-order valence-electron chi connectivity index (χ1n) is 6.69. The van der Waals surface area contributed by atoms with Gasteiger partial charge < -0.3 is 9.47 Å². The first-order valence-corrected chi connectivity index (χ1v) is 8.20. The third-order valence-corrected chi connectivity index (χ3v) is 3.85. The maximum atomic E-state index is 5.97. The fourth-order valence-electron chi connectivity index (χ4n) is 1.62. The van der Waals surface area contributed by atoms with Gasteiger partial charge in [0.1, 0.15) is 13.2 Å². The van der Waals surface area contributed by atoms with Crippen LogP contribution >= 0.6 is 46.4 Å². The molecule has 2 aromatic carbocycles. The van der Waals surface area contributed by atoms with E-state index in [4.69, 9.17) is 55.9 Å². The van der Waals surface area contributed by atoms with E-state index < -0.39 is 0 Å². The van der Waals surface area contributed by atoms with Gasteiger partial charge in [-0.3, -0.25) is 0 Å². The first kappa shape index (κ1) is 18.7. The molecule has 0 radical (unpaired) electrons. The molecule has 0 aliphatic rings. The minimum atomic E-state index is 0.120. The molecule has 0 saturated heterocycles. The van der Waals surface area contributed by atoms with Crippen LogP contribution < -0.4 is 9.47 Å². The molecule has 0 bridgehead atoms. The molecular formula is C18H10Cl4O2. The van der Waals surface area contributed by atoms with Crippen LogP contribution in [-0.2, 0) is 0 Å². The van der Waals surface area contributed by atoms with E-state index in [1.165, 1.54) is 0 Å². The molecule has 0 atom stereocenters. The molecule has 0 heterocycles. The second kappa shape index (κ2) is 9.58. The zero-order valence-corrected chi connectivity index (χ0v) is 15.2. The topological polar surface area (TPSA) is 18.5 Å². The molecule has 0 unspecified atom stereocenters. The summed E-state index contributed by atoms with van der Waals surface area (Å²) in [7, 11) is 0. The van der Waals surface area contributed by atoms with Gasteiger partial charge in [-0.2, -0.15) is 0 Å². The monoisotopic (exact) mass is 398 g/mol. The number of hydrogen-bond acceptors (Lipinski definition) is 2. The second-order valence-electron chi connectivity index (χ2n) is 4.28. The van der Waals surface area contributed by atoms with Crippen LogP contribution in [0.2, 0.25) is 20.1 Å². The molecular weight excluding hydrogens is 390 g/mol. The van der Waals surface area contributed by atoms with Crippen LogP contribution in [0.4, 0.5) is 0 Å². The van der Waals surface area contributed by atoms with Crippen LogP contribution in [-0.4, -0.2) is 13.2 Å². The normalized spacial score (nSPS) is 9.33. The molecule has 0 saturated carbocycles. The maximum absolute atomic E-state index is 5.97. The lowest BCUT2D eigenvalue weighted by Gasteiger charge is -2.05. The Morgan fingerprint density at radius 3 is 1.29 bits per heavy atom. The van der Waals surface area contributed by atoms with Gasteiger partial charge in [0.15, 0.2) is 11.5 Å². The molecule has 0 aliphatic carbocycles. The highest BCUT2D eigenvalue weighted by molar-refractivity contribution is 6.37. The minimum absolute atomic E-state index is 0.120. The molecule has 24 heavy (non-hydrogen) atoms. The van der Waals surface area contributed by atoms with E-state index in [1.807, 2.05) is 0 Å². The molecule has 2 aromatic rings. The number of halogens is 4. The highest BCUT2D eigenvalue weighted by Gasteiger charge is 2.05. The molecule has 2 rings (SSSR count). The average Bonchev–Trinajstić information content (AvgIpc) is 2.54. The molecule has 122 valence electrons. The Labute approximate surface area is 160 Å². The van der Waals surface area contributed by atoms with Crippen molar-refractivity contribution >= 4 is 46.4 Å². The average molecular weight is 400 g/mol. The molecule has 2 nitrogen and oxygen atoms in total. The molecule has 0 aromatic heterocycles. The van der Waals surface area contributed by atoms with Crippen molar-refractivity contribution < 1.29 is 9.47 Å². The minimum Gasteiger partial charge on any atom is -0.478 e. The zero-order valence-electron chi connectivity index (χ0n) is 12.2. The van der Waals surface area contributed by atoms with Crippen molar-refractivity contribution in [1.82, 2.24) is 0 Å². The van der Waals surface area contributed by atoms with E-state index >= 15 is 0 Å². The molecule has 0 aliphatic heterocycles. The van der Waals surface area contributed by atoms with Crippen LogP contribution in [0.5, 0.6) is 11.5 Å². The van der Waals surface area contributed by atoms with Gasteiger partial charge in [-0.15, -0.1) is 0 Å².